The summed E-state index contributed by atoms with van der Waals surface area (Å²) in [6, 6.07) is 7.14. The zero-order chi connectivity index (χ0) is 22.6. The number of halogens is 1. The average Bonchev–Trinajstić information content (AvgIpc) is 2.60. The zero-order valence-corrected chi connectivity index (χ0v) is 19.8. The molecule has 1 aliphatic heterocycles. The van der Waals surface area contributed by atoms with Crippen LogP contribution in [0.2, 0.25) is 0 Å². The molecule has 2 rings (SSSR count). The Bertz CT molecular complexity index is 840. The predicted octanol–water partition coefficient (Wildman–Crippen LogP) is 3.28. The number of ether oxygens (including phenoxy) is 1. The van der Waals surface area contributed by atoms with Crippen molar-refractivity contribution in [2.24, 2.45) is 4.99 Å². The van der Waals surface area contributed by atoms with Crippen molar-refractivity contribution in [1.82, 2.24) is 19.6 Å². The summed E-state index contributed by atoms with van der Waals surface area (Å²) in [6.45, 7) is 5.21. The lowest BCUT2D eigenvalue weighted by Gasteiger charge is -2.41. The Balaban J connectivity index is 2.44. The van der Waals surface area contributed by atoms with Crippen LogP contribution in [0, 0.1) is 3.57 Å². The van der Waals surface area contributed by atoms with E-state index in [0.717, 1.165) is 14.0 Å². The van der Waals surface area contributed by atoms with E-state index in [4.69, 9.17) is 4.74 Å². The van der Waals surface area contributed by atoms with Crippen molar-refractivity contribution in [1.29, 1.82) is 0 Å². The van der Waals surface area contributed by atoms with Crippen molar-refractivity contribution < 1.29 is 24.2 Å². The molecule has 0 spiro atoms. The lowest BCUT2D eigenvalue weighted by molar-refractivity contribution is 0.0586. The number of nitrogens with zero attached hydrogens (tertiary/aromatic N) is 5. The number of urea groups is 1. The monoisotopic (exact) mass is 531 g/mol. The van der Waals surface area contributed by atoms with E-state index >= 15 is 0 Å². The number of rotatable bonds is 2. The molecule has 164 valence electrons. The molecule has 1 fully saturated rings. The van der Waals surface area contributed by atoms with E-state index in [1.165, 1.54) is 14.7 Å². The van der Waals surface area contributed by atoms with Crippen molar-refractivity contribution in [3.63, 3.8) is 0 Å². The maximum absolute atomic E-state index is 12.4. The standard InChI is InChI=1S/C19H26IN5O5/c1-19(2,3)30-16(26)21-15(24-11-22(4)17(27)23(5)12-24)25(18(28)29)10-13-7-6-8-14(20)9-13/h6-9H,10-12H2,1-5H3,(H,28,29)/b21-15-. The molecule has 1 aromatic rings. The Morgan fingerprint density at radius 2 is 1.83 bits per heavy atom. The Morgan fingerprint density at radius 1 is 1.23 bits per heavy atom. The van der Waals surface area contributed by atoms with E-state index in [2.05, 4.69) is 27.6 Å². The molecular weight excluding hydrogens is 505 g/mol. The molecule has 0 bridgehead atoms. The number of amides is 4. The van der Waals surface area contributed by atoms with Gasteiger partial charge in [0.25, 0.3) is 0 Å². The lowest BCUT2D eigenvalue weighted by Crippen LogP contribution is -2.60. The van der Waals surface area contributed by atoms with E-state index in [-0.39, 0.29) is 31.9 Å². The summed E-state index contributed by atoms with van der Waals surface area (Å²) in [5.41, 5.74) is -0.0585. The van der Waals surface area contributed by atoms with E-state index < -0.39 is 17.8 Å². The van der Waals surface area contributed by atoms with E-state index in [1.54, 1.807) is 40.9 Å². The van der Waals surface area contributed by atoms with Crippen LogP contribution in [0.1, 0.15) is 26.3 Å². The summed E-state index contributed by atoms with van der Waals surface area (Å²) < 4.78 is 6.21. The molecular formula is C19H26IN5O5. The van der Waals surface area contributed by atoms with Gasteiger partial charge in [-0.25, -0.2) is 19.3 Å². The van der Waals surface area contributed by atoms with E-state index in [1.807, 2.05) is 18.2 Å². The van der Waals surface area contributed by atoms with Crippen molar-refractivity contribution in [3.8, 4) is 0 Å². The van der Waals surface area contributed by atoms with Crippen LogP contribution in [-0.4, -0.2) is 81.9 Å². The van der Waals surface area contributed by atoms with Crippen LogP contribution in [0.4, 0.5) is 14.4 Å². The summed E-state index contributed by atoms with van der Waals surface area (Å²) in [5, 5.41) is 9.90. The number of carboxylic acid groups (broad SMARTS) is 1. The second-order valence-electron chi connectivity index (χ2n) is 7.89. The summed E-state index contributed by atoms with van der Waals surface area (Å²) in [7, 11) is 3.17. The summed E-state index contributed by atoms with van der Waals surface area (Å²) in [4.78, 5) is 46.0. The topological polar surface area (TPSA) is 106 Å². The highest BCUT2D eigenvalue weighted by molar-refractivity contribution is 14.1. The summed E-state index contributed by atoms with van der Waals surface area (Å²) in [5.74, 6) is -0.109. The molecule has 0 atom stereocenters. The molecule has 1 saturated heterocycles. The third-order valence-corrected chi connectivity index (χ3v) is 4.66. The normalized spacial score (nSPS) is 15.3. The van der Waals surface area contributed by atoms with Gasteiger partial charge in [-0.2, -0.15) is 0 Å². The minimum absolute atomic E-state index is 0.0221. The second-order valence-corrected chi connectivity index (χ2v) is 9.14. The summed E-state index contributed by atoms with van der Waals surface area (Å²) in [6.07, 6.45) is -2.19. The maximum Gasteiger partial charge on any atom is 0.437 e. The highest BCUT2D eigenvalue weighted by atomic mass is 127. The fourth-order valence-electron chi connectivity index (χ4n) is 2.81. The van der Waals surface area contributed by atoms with Crippen LogP contribution in [0.15, 0.2) is 29.3 Å². The first kappa shape index (κ1) is 23.7. The molecule has 1 heterocycles. The third-order valence-electron chi connectivity index (χ3n) is 3.99. The Hall–Kier alpha value is -2.57. The molecule has 0 aliphatic carbocycles. The fourth-order valence-corrected chi connectivity index (χ4v) is 3.41. The number of hydrogen-bond donors (Lipinski definition) is 1. The molecule has 0 saturated carbocycles. The number of aliphatic imine (C=N–C) groups is 1. The number of hydrogen-bond acceptors (Lipinski definition) is 4. The van der Waals surface area contributed by atoms with Crippen LogP contribution in [0.25, 0.3) is 0 Å². The molecule has 0 aromatic heterocycles. The fraction of sp³-hybridized carbons (Fsp3) is 0.474. The minimum atomic E-state index is -1.28. The quantitative estimate of drug-likeness (QED) is 0.357. The van der Waals surface area contributed by atoms with Gasteiger partial charge in [0.05, 0.1) is 19.9 Å². The molecule has 1 N–H and O–H groups in total. The molecule has 1 aliphatic rings. The molecule has 1 aromatic carbocycles. The van der Waals surface area contributed by atoms with Crippen LogP contribution in [-0.2, 0) is 11.3 Å². The van der Waals surface area contributed by atoms with Gasteiger partial charge in [0.1, 0.15) is 5.60 Å². The second kappa shape index (κ2) is 9.49. The Labute approximate surface area is 189 Å². The van der Waals surface area contributed by atoms with Crippen molar-refractivity contribution in [2.75, 3.05) is 27.4 Å². The first-order valence-corrected chi connectivity index (χ1v) is 10.2. The molecule has 30 heavy (non-hydrogen) atoms. The van der Waals surface area contributed by atoms with Gasteiger partial charge in [0.15, 0.2) is 0 Å². The van der Waals surface area contributed by atoms with Crippen LogP contribution in [0.5, 0.6) is 0 Å². The molecule has 10 nitrogen and oxygen atoms in total. The van der Waals surface area contributed by atoms with Gasteiger partial charge >= 0.3 is 18.2 Å². The van der Waals surface area contributed by atoms with Gasteiger partial charge in [-0.3, -0.25) is 0 Å². The number of carbonyl (C=O) groups excluding carboxylic acids is 2. The maximum atomic E-state index is 12.4. The van der Waals surface area contributed by atoms with Gasteiger partial charge in [-0.1, -0.05) is 12.1 Å². The SMILES string of the molecule is CN1CN(/C(=N/C(=O)OC(C)(C)C)N(Cc2cccc(I)c2)C(=O)O)CN(C)C1=O. The van der Waals surface area contributed by atoms with Crippen molar-refractivity contribution >= 4 is 46.8 Å². The van der Waals surface area contributed by atoms with E-state index in [9.17, 15) is 19.5 Å². The number of carbonyl (C=O) groups is 3. The first-order valence-electron chi connectivity index (χ1n) is 9.15. The van der Waals surface area contributed by atoms with Gasteiger partial charge in [0, 0.05) is 17.7 Å². The van der Waals surface area contributed by atoms with Crippen LogP contribution >= 0.6 is 22.6 Å². The van der Waals surface area contributed by atoms with E-state index in [0.29, 0.717) is 0 Å². The number of guanidine groups is 1. The van der Waals surface area contributed by atoms with Gasteiger partial charge in [-0.05, 0) is 61.1 Å². The largest absolute Gasteiger partial charge is 0.465 e. The molecule has 11 heteroatoms. The Kier molecular flexibility index (Phi) is 7.50. The highest BCUT2D eigenvalue weighted by Crippen LogP contribution is 2.16. The smallest absolute Gasteiger partial charge is 0.437 e. The first-order chi connectivity index (χ1) is 13.9. The third kappa shape index (κ3) is 6.47. The average molecular weight is 531 g/mol. The predicted molar refractivity (Wildman–Crippen MR) is 119 cm³/mol. The summed E-state index contributed by atoms with van der Waals surface area (Å²) >= 11 is 2.14. The van der Waals surface area contributed by atoms with Crippen LogP contribution < -0.4 is 0 Å². The van der Waals surface area contributed by atoms with Gasteiger partial charge in [0.2, 0.25) is 5.96 Å². The highest BCUT2D eigenvalue weighted by Gasteiger charge is 2.33. The molecule has 4 amide bonds. The minimum Gasteiger partial charge on any atom is -0.465 e. The molecule has 0 radical (unpaired) electrons. The van der Waals surface area contributed by atoms with Crippen LogP contribution in [0.3, 0.4) is 0 Å². The molecule has 0 unspecified atom stereocenters. The lowest BCUT2D eigenvalue weighted by atomic mass is 10.2. The van der Waals surface area contributed by atoms with Crippen molar-refractivity contribution in [2.45, 2.75) is 32.9 Å². The Morgan fingerprint density at radius 3 is 2.33 bits per heavy atom. The zero-order valence-electron chi connectivity index (χ0n) is 17.6. The van der Waals surface area contributed by atoms with Crippen molar-refractivity contribution in [3.05, 3.63) is 33.4 Å². The van der Waals surface area contributed by atoms with Gasteiger partial charge in [-0.15, -0.1) is 4.99 Å². The van der Waals surface area contributed by atoms with Gasteiger partial charge < -0.3 is 24.5 Å². The number of benzene rings is 1.